The van der Waals surface area contributed by atoms with Gasteiger partial charge < -0.3 is 0 Å². The van der Waals surface area contributed by atoms with Crippen LogP contribution >= 0.6 is 0 Å². The summed E-state index contributed by atoms with van der Waals surface area (Å²) < 4.78 is 0. The fraction of sp³-hybridized carbons (Fsp3) is 0.0625. The maximum atomic E-state index is 2.39. The molecule has 5 aromatic rings. The predicted molar refractivity (Wildman–Crippen MR) is 134 cm³/mol. The van der Waals surface area contributed by atoms with Crippen molar-refractivity contribution < 1.29 is 0 Å². The van der Waals surface area contributed by atoms with Crippen molar-refractivity contribution in [1.29, 1.82) is 0 Å². The zero-order chi connectivity index (χ0) is 21.5. The van der Waals surface area contributed by atoms with Crippen molar-refractivity contribution >= 4 is 0 Å². The molecule has 0 saturated carbocycles. The normalized spacial score (nSPS) is 13.4. The third kappa shape index (κ3) is 2.63. The molecular weight excluding hydrogens is 384 g/mol. The van der Waals surface area contributed by atoms with Gasteiger partial charge in [-0.1, -0.05) is 133 Å². The molecule has 5 aromatic carbocycles. The highest BCUT2D eigenvalue weighted by atomic mass is 14.5. The van der Waals surface area contributed by atoms with Crippen molar-refractivity contribution in [1.82, 2.24) is 0 Å². The highest BCUT2D eigenvalue weighted by molar-refractivity contribution is 5.92. The van der Waals surface area contributed by atoms with E-state index in [4.69, 9.17) is 0 Å². The molecule has 0 heterocycles. The van der Waals surface area contributed by atoms with E-state index < -0.39 is 0 Å². The number of rotatable bonds is 3. The highest BCUT2D eigenvalue weighted by Crippen LogP contribution is 2.58. The molecule has 0 fully saturated rings. The first-order chi connectivity index (χ1) is 15.8. The lowest BCUT2D eigenvalue weighted by Gasteiger charge is -2.35. The van der Waals surface area contributed by atoms with Gasteiger partial charge in [0.05, 0.1) is 5.41 Å². The summed E-state index contributed by atoms with van der Waals surface area (Å²) in [4.78, 5) is 0. The van der Waals surface area contributed by atoms with Gasteiger partial charge in [0, 0.05) is 0 Å². The lowest BCUT2D eigenvalue weighted by atomic mass is 9.66. The van der Waals surface area contributed by atoms with Gasteiger partial charge in [0.15, 0.2) is 0 Å². The summed E-state index contributed by atoms with van der Waals surface area (Å²) in [6, 6.07) is 46.6. The topological polar surface area (TPSA) is 0 Å². The van der Waals surface area contributed by atoms with E-state index in [0.717, 1.165) is 0 Å². The van der Waals surface area contributed by atoms with Crippen LogP contribution in [-0.4, -0.2) is 0 Å². The van der Waals surface area contributed by atoms with Crippen LogP contribution in [0.5, 0.6) is 0 Å². The molecule has 0 aliphatic heterocycles. The molecule has 0 bridgehead atoms. The predicted octanol–water partition coefficient (Wildman–Crippen LogP) is 8.03. The van der Waals surface area contributed by atoms with E-state index in [1.165, 1.54) is 50.1 Å². The summed E-state index contributed by atoms with van der Waals surface area (Å²) in [6.07, 6.45) is 0. The summed E-state index contributed by atoms with van der Waals surface area (Å²) in [7, 11) is 0. The van der Waals surface area contributed by atoms with E-state index in [1.54, 1.807) is 0 Å². The molecule has 0 N–H and O–H groups in total. The summed E-state index contributed by atoms with van der Waals surface area (Å²) in [6.45, 7) is 2.20. The van der Waals surface area contributed by atoms with Crippen LogP contribution in [0.25, 0.3) is 22.3 Å². The third-order valence-electron chi connectivity index (χ3n) is 6.81. The second kappa shape index (κ2) is 7.35. The Labute approximate surface area is 189 Å². The fourth-order valence-corrected chi connectivity index (χ4v) is 5.52. The number of fused-ring (bicyclic) bond motifs is 3. The first kappa shape index (κ1) is 18.8. The zero-order valence-corrected chi connectivity index (χ0v) is 18.1. The van der Waals surface area contributed by atoms with Crippen LogP contribution in [0.1, 0.15) is 27.8 Å². The van der Waals surface area contributed by atoms with Crippen molar-refractivity contribution in [2.24, 2.45) is 0 Å². The lowest BCUT2D eigenvalue weighted by molar-refractivity contribution is 0.769. The molecule has 6 rings (SSSR count). The van der Waals surface area contributed by atoms with Crippen LogP contribution in [0.3, 0.4) is 0 Å². The smallest absolute Gasteiger partial charge is 0.0622 e. The number of benzene rings is 5. The first-order valence-corrected chi connectivity index (χ1v) is 11.2. The Kier molecular flexibility index (Phi) is 4.33. The Balaban J connectivity index is 1.83. The zero-order valence-electron chi connectivity index (χ0n) is 18.1. The summed E-state index contributed by atoms with van der Waals surface area (Å²) in [5.41, 5.74) is 11.5. The van der Waals surface area contributed by atoms with Crippen LogP contribution < -0.4 is 0 Å². The van der Waals surface area contributed by atoms with Gasteiger partial charge >= 0.3 is 0 Å². The van der Waals surface area contributed by atoms with E-state index in [1.807, 2.05) is 0 Å². The van der Waals surface area contributed by atoms with Gasteiger partial charge in [0.2, 0.25) is 0 Å². The fourth-order valence-electron chi connectivity index (χ4n) is 5.52. The third-order valence-corrected chi connectivity index (χ3v) is 6.81. The van der Waals surface area contributed by atoms with E-state index in [2.05, 4.69) is 134 Å². The number of hydrogen-bond donors (Lipinski definition) is 0. The summed E-state index contributed by atoms with van der Waals surface area (Å²) >= 11 is 0. The van der Waals surface area contributed by atoms with E-state index in [0.29, 0.717) is 0 Å². The Morgan fingerprint density at radius 1 is 0.469 bits per heavy atom. The molecule has 32 heavy (non-hydrogen) atoms. The van der Waals surface area contributed by atoms with Crippen molar-refractivity contribution in [2.75, 3.05) is 0 Å². The molecule has 0 saturated heterocycles. The Morgan fingerprint density at radius 3 is 1.66 bits per heavy atom. The average molecular weight is 409 g/mol. The van der Waals surface area contributed by atoms with Crippen LogP contribution in [-0.2, 0) is 5.41 Å². The van der Waals surface area contributed by atoms with Crippen molar-refractivity contribution in [3.05, 3.63) is 155 Å². The quantitative estimate of drug-likeness (QED) is 0.278. The monoisotopic (exact) mass is 408 g/mol. The highest BCUT2D eigenvalue weighted by Gasteiger charge is 2.47. The van der Waals surface area contributed by atoms with Crippen LogP contribution in [0, 0.1) is 6.92 Å². The van der Waals surface area contributed by atoms with E-state index >= 15 is 0 Å². The lowest BCUT2D eigenvalue weighted by Crippen LogP contribution is -2.29. The van der Waals surface area contributed by atoms with Gasteiger partial charge in [-0.15, -0.1) is 0 Å². The van der Waals surface area contributed by atoms with Crippen LogP contribution in [0.4, 0.5) is 0 Å². The minimum absolute atomic E-state index is 0.369. The Bertz CT molecular complexity index is 1360. The number of aryl methyl sites for hydroxylation is 1. The molecule has 152 valence electrons. The molecule has 0 unspecified atom stereocenters. The van der Waals surface area contributed by atoms with Gasteiger partial charge in [0.25, 0.3) is 0 Å². The van der Waals surface area contributed by atoms with Gasteiger partial charge in [-0.25, -0.2) is 0 Å². The molecule has 0 atom stereocenters. The molecule has 1 aliphatic carbocycles. The molecule has 0 spiro atoms. The van der Waals surface area contributed by atoms with Crippen molar-refractivity contribution in [3.8, 4) is 22.3 Å². The van der Waals surface area contributed by atoms with Gasteiger partial charge in [-0.2, -0.15) is 0 Å². The van der Waals surface area contributed by atoms with E-state index in [9.17, 15) is 0 Å². The SMILES string of the molecule is Cc1ccc2c(c1)C(c1ccccc1)(c1ccccc1)c1c(-c3ccccc3)cccc1-2. The molecule has 0 radical (unpaired) electrons. The average Bonchev–Trinajstić information content (AvgIpc) is 3.16. The second-order valence-electron chi connectivity index (χ2n) is 8.63. The van der Waals surface area contributed by atoms with Gasteiger partial charge in [0.1, 0.15) is 0 Å². The van der Waals surface area contributed by atoms with Crippen LogP contribution in [0.2, 0.25) is 0 Å². The van der Waals surface area contributed by atoms with Crippen LogP contribution in [0.15, 0.2) is 127 Å². The van der Waals surface area contributed by atoms with Crippen molar-refractivity contribution in [3.63, 3.8) is 0 Å². The largest absolute Gasteiger partial charge is 0.0719 e. The maximum Gasteiger partial charge on any atom is 0.0719 e. The minimum atomic E-state index is -0.369. The molecular formula is C32H24. The Hall–Kier alpha value is -3.90. The number of hydrogen-bond acceptors (Lipinski definition) is 0. The molecule has 0 aromatic heterocycles. The standard InChI is InChI=1S/C32H24/c1-23-20-21-28-29-19-11-18-27(24-12-5-2-6-13-24)31(29)32(30(28)22-23,25-14-7-3-8-15-25)26-16-9-4-10-17-26/h2-22H,1H3. The Morgan fingerprint density at radius 2 is 1.03 bits per heavy atom. The van der Waals surface area contributed by atoms with Gasteiger partial charge in [-0.05, 0) is 51.4 Å². The summed E-state index contributed by atoms with van der Waals surface area (Å²) in [5.74, 6) is 0. The molecule has 0 heteroatoms. The molecule has 0 nitrogen and oxygen atoms in total. The second-order valence-corrected chi connectivity index (χ2v) is 8.63. The van der Waals surface area contributed by atoms with Crippen molar-refractivity contribution in [2.45, 2.75) is 12.3 Å². The van der Waals surface area contributed by atoms with E-state index in [-0.39, 0.29) is 5.41 Å². The van der Waals surface area contributed by atoms with Gasteiger partial charge in [-0.3, -0.25) is 0 Å². The minimum Gasteiger partial charge on any atom is -0.0622 e. The molecule has 1 aliphatic rings. The summed E-state index contributed by atoms with van der Waals surface area (Å²) in [5, 5.41) is 0. The molecule has 0 amide bonds. The first-order valence-electron chi connectivity index (χ1n) is 11.2. The maximum absolute atomic E-state index is 2.39.